The Balaban J connectivity index is 2.20. The lowest BCUT2D eigenvalue weighted by Crippen LogP contribution is -2.15. The SMILES string of the molecule is NCC(Cc1ccc(I)cc1)c1ccccc1Cl. The molecule has 0 aromatic heterocycles. The minimum Gasteiger partial charge on any atom is -0.330 e. The molecule has 1 atom stereocenters. The molecule has 0 heterocycles. The van der Waals surface area contributed by atoms with Gasteiger partial charge < -0.3 is 5.73 Å². The third-order valence-corrected chi connectivity index (χ3v) is 4.09. The van der Waals surface area contributed by atoms with Crippen LogP contribution < -0.4 is 5.73 Å². The summed E-state index contributed by atoms with van der Waals surface area (Å²) in [6.45, 7) is 0.607. The Kier molecular flexibility index (Phi) is 5.03. The van der Waals surface area contributed by atoms with Crippen LogP contribution in [0.5, 0.6) is 0 Å². The van der Waals surface area contributed by atoms with Gasteiger partial charge in [0.2, 0.25) is 0 Å². The van der Waals surface area contributed by atoms with Gasteiger partial charge in [-0.3, -0.25) is 0 Å². The Morgan fingerprint density at radius 3 is 2.33 bits per heavy atom. The van der Waals surface area contributed by atoms with Gasteiger partial charge in [-0.1, -0.05) is 41.9 Å². The van der Waals surface area contributed by atoms with E-state index in [4.69, 9.17) is 17.3 Å². The molecule has 2 aromatic rings. The van der Waals surface area contributed by atoms with Crippen molar-refractivity contribution < 1.29 is 0 Å². The third-order valence-electron chi connectivity index (χ3n) is 3.02. The summed E-state index contributed by atoms with van der Waals surface area (Å²) >= 11 is 8.54. The molecule has 0 radical (unpaired) electrons. The van der Waals surface area contributed by atoms with Crippen LogP contribution in [0.4, 0.5) is 0 Å². The van der Waals surface area contributed by atoms with Crippen LogP contribution in [-0.4, -0.2) is 6.54 Å². The molecule has 1 unspecified atom stereocenters. The first-order valence-electron chi connectivity index (χ1n) is 5.89. The molecule has 0 fully saturated rings. The molecule has 2 aromatic carbocycles. The average Bonchev–Trinajstić information content (AvgIpc) is 2.39. The number of hydrogen-bond acceptors (Lipinski definition) is 1. The van der Waals surface area contributed by atoms with Crippen molar-refractivity contribution in [2.24, 2.45) is 5.73 Å². The van der Waals surface area contributed by atoms with Gasteiger partial charge >= 0.3 is 0 Å². The topological polar surface area (TPSA) is 26.0 Å². The van der Waals surface area contributed by atoms with Gasteiger partial charge in [0, 0.05) is 14.5 Å². The van der Waals surface area contributed by atoms with E-state index in [-0.39, 0.29) is 5.92 Å². The van der Waals surface area contributed by atoms with E-state index in [1.54, 1.807) is 0 Å². The second-order valence-corrected chi connectivity index (χ2v) is 5.94. The fraction of sp³-hybridized carbons (Fsp3) is 0.200. The van der Waals surface area contributed by atoms with Gasteiger partial charge in [-0.15, -0.1) is 0 Å². The number of nitrogens with two attached hydrogens (primary N) is 1. The molecule has 0 bridgehead atoms. The van der Waals surface area contributed by atoms with Crippen molar-refractivity contribution >= 4 is 34.2 Å². The van der Waals surface area contributed by atoms with Crippen LogP contribution in [0.3, 0.4) is 0 Å². The predicted octanol–water partition coefficient (Wildman–Crippen LogP) is 4.23. The van der Waals surface area contributed by atoms with Crippen LogP contribution in [0.25, 0.3) is 0 Å². The fourth-order valence-corrected chi connectivity index (χ4v) is 2.68. The van der Waals surface area contributed by atoms with Gasteiger partial charge in [0.05, 0.1) is 0 Å². The summed E-state index contributed by atoms with van der Waals surface area (Å²) in [6.07, 6.45) is 0.928. The number of halogens is 2. The molecule has 18 heavy (non-hydrogen) atoms. The van der Waals surface area contributed by atoms with Crippen molar-refractivity contribution in [3.8, 4) is 0 Å². The van der Waals surface area contributed by atoms with Crippen molar-refractivity contribution in [1.82, 2.24) is 0 Å². The molecule has 0 amide bonds. The second-order valence-electron chi connectivity index (χ2n) is 4.28. The van der Waals surface area contributed by atoms with Crippen LogP contribution in [0.15, 0.2) is 48.5 Å². The zero-order valence-electron chi connectivity index (χ0n) is 9.94. The van der Waals surface area contributed by atoms with Crippen LogP contribution >= 0.6 is 34.2 Å². The zero-order valence-corrected chi connectivity index (χ0v) is 12.9. The van der Waals surface area contributed by atoms with E-state index in [0.29, 0.717) is 6.54 Å². The number of hydrogen-bond donors (Lipinski definition) is 1. The van der Waals surface area contributed by atoms with Crippen LogP contribution in [0.1, 0.15) is 17.0 Å². The van der Waals surface area contributed by atoms with Crippen molar-refractivity contribution in [3.63, 3.8) is 0 Å². The van der Waals surface area contributed by atoms with Gasteiger partial charge in [0.1, 0.15) is 0 Å². The van der Waals surface area contributed by atoms with Crippen LogP contribution in [0.2, 0.25) is 5.02 Å². The summed E-state index contributed by atoms with van der Waals surface area (Å²) in [5, 5.41) is 0.804. The maximum atomic E-state index is 6.23. The van der Waals surface area contributed by atoms with E-state index in [2.05, 4.69) is 52.9 Å². The summed E-state index contributed by atoms with van der Waals surface area (Å²) in [5.74, 6) is 0.277. The van der Waals surface area contributed by atoms with Crippen LogP contribution in [0, 0.1) is 3.57 Å². The van der Waals surface area contributed by atoms with E-state index in [9.17, 15) is 0 Å². The average molecular weight is 372 g/mol. The highest BCUT2D eigenvalue weighted by Crippen LogP contribution is 2.26. The Labute approximate surface area is 126 Å². The maximum Gasteiger partial charge on any atom is 0.0441 e. The first-order chi connectivity index (χ1) is 8.70. The van der Waals surface area contributed by atoms with Crippen molar-refractivity contribution in [1.29, 1.82) is 0 Å². The summed E-state index contributed by atoms with van der Waals surface area (Å²) in [6, 6.07) is 16.5. The standard InChI is InChI=1S/C15H15ClIN/c16-15-4-2-1-3-14(15)12(10-18)9-11-5-7-13(17)8-6-11/h1-8,12H,9-10,18H2. The number of benzene rings is 2. The molecule has 2 N–H and O–H groups in total. The van der Waals surface area contributed by atoms with E-state index < -0.39 is 0 Å². The summed E-state index contributed by atoms with van der Waals surface area (Å²) in [5.41, 5.74) is 8.33. The van der Waals surface area contributed by atoms with Crippen molar-refractivity contribution in [2.75, 3.05) is 6.54 Å². The molecule has 2 rings (SSSR count). The highest BCUT2D eigenvalue weighted by atomic mass is 127. The molecule has 3 heteroatoms. The molecule has 0 spiro atoms. The van der Waals surface area contributed by atoms with Gasteiger partial charge in [-0.25, -0.2) is 0 Å². The Morgan fingerprint density at radius 1 is 1.06 bits per heavy atom. The number of rotatable bonds is 4. The lowest BCUT2D eigenvalue weighted by Gasteiger charge is -2.16. The smallest absolute Gasteiger partial charge is 0.0441 e. The molecule has 94 valence electrons. The maximum absolute atomic E-state index is 6.23. The lowest BCUT2D eigenvalue weighted by molar-refractivity contribution is 0.694. The quantitative estimate of drug-likeness (QED) is 0.800. The highest BCUT2D eigenvalue weighted by molar-refractivity contribution is 14.1. The Bertz CT molecular complexity index is 510. The van der Waals surface area contributed by atoms with Gasteiger partial charge in [0.25, 0.3) is 0 Å². The lowest BCUT2D eigenvalue weighted by atomic mass is 9.92. The fourth-order valence-electron chi connectivity index (χ4n) is 2.03. The normalized spacial score (nSPS) is 12.4. The molecule has 1 nitrogen and oxygen atoms in total. The first kappa shape index (κ1) is 13.8. The van der Waals surface area contributed by atoms with Crippen molar-refractivity contribution in [3.05, 3.63) is 68.3 Å². The molecule has 0 saturated heterocycles. The van der Waals surface area contributed by atoms with E-state index in [0.717, 1.165) is 17.0 Å². The Morgan fingerprint density at radius 2 is 1.72 bits per heavy atom. The van der Waals surface area contributed by atoms with E-state index >= 15 is 0 Å². The van der Waals surface area contributed by atoms with Gasteiger partial charge in [-0.2, -0.15) is 0 Å². The van der Waals surface area contributed by atoms with E-state index in [1.165, 1.54) is 9.13 Å². The zero-order chi connectivity index (χ0) is 13.0. The van der Waals surface area contributed by atoms with Gasteiger partial charge in [-0.05, 0) is 64.9 Å². The highest BCUT2D eigenvalue weighted by Gasteiger charge is 2.13. The molecule has 0 aliphatic carbocycles. The predicted molar refractivity (Wildman–Crippen MR) is 86.1 cm³/mol. The largest absolute Gasteiger partial charge is 0.330 e. The molecule has 0 aliphatic heterocycles. The van der Waals surface area contributed by atoms with Crippen LogP contribution in [-0.2, 0) is 6.42 Å². The monoisotopic (exact) mass is 371 g/mol. The summed E-state index contributed by atoms with van der Waals surface area (Å²) in [4.78, 5) is 0. The Hall–Kier alpha value is -0.580. The van der Waals surface area contributed by atoms with Gasteiger partial charge in [0.15, 0.2) is 0 Å². The molecule has 0 saturated carbocycles. The van der Waals surface area contributed by atoms with Crippen molar-refractivity contribution in [2.45, 2.75) is 12.3 Å². The minimum absolute atomic E-state index is 0.277. The molecular formula is C15H15ClIN. The third kappa shape index (κ3) is 3.46. The summed E-state index contributed by atoms with van der Waals surface area (Å²) in [7, 11) is 0. The second kappa shape index (κ2) is 6.55. The minimum atomic E-state index is 0.277. The first-order valence-corrected chi connectivity index (χ1v) is 7.35. The molecular weight excluding hydrogens is 357 g/mol. The summed E-state index contributed by atoms with van der Waals surface area (Å²) < 4.78 is 1.25. The molecule has 0 aliphatic rings. The van der Waals surface area contributed by atoms with E-state index in [1.807, 2.05) is 18.2 Å².